The van der Waals surface area contributed by atoms with Crippen LogP contribution in [0.25, 0.3) is 0 Å². The number of hydrogen-bond acceptors (Lipinski definition) is 2. The molecule has 3 nitrogen and oxygen atoms in total. The van der Waals surface area contributed by atoms with Gasteiger partial charge in [0.2, 0.25) is 5.91 Å². The molecule has 0 radical (unpaired) electrons. The van der Waals surface area contributed by atoms with Crippen LogP contribution in [0.2, 0.25) is 0 Å². The first kappa shape index (κ1) is 11.6. The van der Waals surface area contributed by atoms with Crippen LogP contribution in [0.3, 0.4) is 0 Å². The monoisotopic (exact) mass is 215 g/mol. The Bertz CT molecular complexity index is 335. The fourth-order valence-electron chi connectivity index (χ4n) is 1.10. The van der Waals surface area contributed by atoms with Crippen molar-refractivity contribution in [2.45, 2.75) is 6.54 Å². The predicted molar refractivity (Wildman–Crippen MR) is 50.1 cm³/mol. The molecule has 1 N–H and O–H groups in total. The van der Waals surface area contributed by atoms with Gasteiger partial charge in [0.15, 0.2) is 0 Å². The summed E-state index contributed by atoms with van der Waals surface area (Å²) in [6.07, 6.45) is 0. The molecule has 0 fully saturated rings. The number of benzene rings is 1. The summed E-state index contributed by atoms with van der Waals surface area (Å²) in [6, 6.07) is 3.10. The number of halogens is 2. The second-order valence-corrected chi connectivity index (χ2v) is 2.99. The molecule has 1 aromatic rings. The molecule has 0 aliphatic heterocycles. The van der Waals surface area contributed by atoms with Gasteiger partial charge in [-0.3, -0.25) is 4.79 Å². The summed E-state index contributed by atoms with van der Waals surface area (Å²) in [6.45, 7) is 0.00860. The number of hydrogen-bond donors (Lipinski definition) is 1. The molecule has 0 aliphatic rings. The van der Waals surface area contributed by atoms with E-state index in [-0.39, 0.29) is 19.1 Å². The third-order valence-electron chi connectivity index (χ3n) is 1.69. The summed E-state index contributed by atoms with van der Waals surface area (Å²) < 4.78 is 30.0. The summed E-state index contributed by atoms with van der Waals surface area (Å²) in [5, 5.41) is 2.46. The van der Waals surface area contributed by atoms with Crippen molar-refractivity contribution in [3.8, 4) is 0 Å². The second-order valence-electron chi connectivity index (χ2n) is 2.99. The van der Waals surface area contributed by atoms with Gasteiger partial charge >= 0.3 is 0 Å². The fraction of sp³-hybridized carbons (Fsp3) is 0.300. The maximum atomic E-state index is 12.7. The molecule has 0 unspecified atom stereocenters. The Labute approximate surface area is 86.0 Å². The highest BCUT2D eigenvalue weighted by molar-refractivity contribution is 5.77. The van der Waals surface area contributed by atoms with Crippen molar-refractivity contribution in [2.24, 2.45) is 0 Å². The van der Waals surface area contributed by atoms with Crippen molar-refractivity contribution in [1.82, 2.24) is 5.32 Å². The smallest absolute Gasteiger partial charge is 0.246 e. The van der Waals surface area contributed by atoms with E-state index < -0.39 is 11.6 Å². The van der Waals surface area contributed by atoms with Gasteiger partial charge < -0.3 is 10.1 Å². The van der Waals surface area contributed by atoms with Crippen molar-refractivity contribution >= 4 is 5.91 Å². The Hall–Kier alpha value is -1.49. The number of ether oxygens (including phenoxy) is 1. The molecule has 0 heterocycles. The zero-order chi connectivity index (χ0) is 11.3. The third-order valence-corrected chi connectivity index (χ3v) is 1.69. The van der Waals surface area contributed by atoms with E-state index in [4.69, 9.17) is 0 Å². The Morgan fingerprint density at radius 1 is 1.33 bits per heavy atom. The number of carbonyl (C=O) groups excluding carboxylic acids is 1. The summed E-state index contributed by atoms with van der Waals surface area (Å²) in [4.78, 5) is 11.0. The molecule has 82 valence electrons. The van der Waals surface area contributed by atoms with Gasteiger partial charge in [-0.2, -0.15) is 0 Å². The van der Waals surface area contributed by atoms with Gasteiger partial charge in [-0.25, -0.2) is 8.78 Å². The largest absolute Gasteiger partial charge is 0.375 e. The number of carbonyl (C=O) groups is 1. The molecule has 1 aromatic carbocycles. The van der Waals surface area contributed by atoms with Crippen LogP contribution in [0.15, 0.2) is 18.2 Å². The average molecular weight is 215 g/mol. The van der Waals surface area contributed by atoms with Crippen molar-refractivity contribution < 1.29 is 18.3 Å². The normalized spacial score (nSPS) is 10.1. The van der Waals surface area contributed by atoms with Crippen LogP contribution in [0.4, 0.5) is 8.78 Å². The lowest BCUT2D eigenvalue weighted by Crippen LogP contribution is -2.26. The lowest BCUT2D eigenvalue weighted by atomic mass is 10.2. The molecule has 0 bridgehead atoms. The molecule has 0 atom stereocenters. The quantitative estimate of drug-likeness (QED) is 0.820. The van der Waals surface area contributed by atoms with Gasteiger partial charge in [0.1, 0.15) is 18.2 Å². The summed E-state index contributed by atoms with van der Waals surface area (Å²) in [7, 11) is 1.39. The Balaban J connectivity index is 2.54. The van der Waals surface area contributed by atoms with Crippen LogP contribution in [0.5, 0.6) is 0 Å². The van der Waals surface area contributed by atoms with Gasteiger partial charge in [-0.05, 0) is 17.7 Å². The van der Waals surface area contributed by atoms with E-state index in [2.05, 4.69) is 10.1 Å². The van der Waals surface area contributed by atoms with E-state index in [1.807, 2.05) is 0 Å². The van der Waals surface area contributed by atoms with Gasteiger partial charge in [0, 0.05) is 19.7 Å². The molecule has 1 rings (SSSR count). The van der Waals surface area contributed by atoms with Crippen LogP contribution in [-0.2, 0) is 16.1 Å². The minimum absolute atomic E-state index is 0.0716. The number of rotatable bonds is 4. The van der Waals surface area contributed by atoms with Crippen molar-refractivity contribution in [3.63, 3.8) is 0 Å². The van der Waals surface area contributed by atoms with Crippen LogP contribution in [-0.4, -0.2) is 19.6 Å². The maximum absolute atomic E-state index is 12.7. The summed E-state index contributed by atoms with van der Waals surface area (Å²) in [5.74, 6) is -1.65. The second kappa shape index (κ2) is 5.41. The Morgan fingerprint density at radius 2 is 1.93 bits per heavy atom. The molecule has 5 heteroatoms. The van der Waals surface area contributed by atoms with E-state index >= 15 is 0 Å². The lowest BCUT2D eigenvalue weighted by molar-refractivity contribution is -0.124. The molecule has 0 aromatic heterocycles. The lowest BCUT2D eigenvalue weighted by Gasteiger charge is -2.04. The first-order valence-corrected chi connectivity index (χ1v) is 4.32. The van der Waals surface area contributed by atoms with Crippen molar-refractivity contribution in [2.75, 3.05) is 13.7 Å². The minimum atomic E-state index is -0.661. The highest BCUT2D eigenvalue weighted by atomic mass is 19.1. The topological polar surface area (TPSA) is 38.3 Å². The summed E-state index contributed by atoms with van der Waals surface area (Å²) >= 11 is 0. The predicted octanol–water partition coefficient (Wildman–Crippen LogP) is 1.23. The van der Waals surface area contributed by atoms with Crippen molar-refractivity contribution in [1.29, 1.82) is 0 Å². The van der Waals surface area contributed by atoms with Gasteiger partial charge in [0.05, 0.1) is 0 Å². The minimum Gasteiger partial charge on any atom is -0.375 e. The highest BCUT2D eigenvalue weighted by Gasteiger charge is 2.03. The van der Waals surface area contributed by atoms with Crippen LogP contribution >= 0.6 is 0 Å². The van der Waals surface area contributed by atoms with Crippen LogP contribution in [0.1, 0.15) is 5.56 Å². The third kappa shape index (κ3) is 4.03. The van der Waals surface area contributed by atoms with E-state index in [9.17, 15) is 13.6 Å². The number of amides is 1. The Morgan fingerprint density at radius 3 is 2.47 bits per heavy atom. The van der Waals surface area contributed by atoms with Gasteiger partial charge in [-0.15, -0.1) is 0 Å². The first-order valence-electron chi connectivity index (χ1n) is 4.32. The van der Waals surface area contributed by atoms with Crippen molar-refractivity contribution in [3.05, 3.63) is 35.4 Å². The van der Waals surface area contributed by atoms with Crippen LogP contribution < -0.4 is 5.32 Å². The average Bonchev–Trinajstić information content (AvgIpc) is 2.14. The van der Waals surface area contributed by atoms with E-state index in [0.717, 1.165) is 18.2 Å². The van der Waals surface area contributed by atoms with Gasteiger partial charge in [-0.1, -0.05) is 0 Å². The zero-order valence-electron chi connectivity index (χ0n) is 8.22. The first-order chi connectivity index (χ1) is 7.11. The van der Waals surface area contributed by atoms with Gasteiger partial charge in [0.25, 0.3) is 0 Å². The molecule has 1 amide bonds. The molecule has 0 saturated heterocycles. The van der Waals surface area contributed by atoms with Crippen LogP contribution in [0, 0.1) is 11.6 Å². The fourth-order valence-corrected chi connectivity index (χ4v) is 1.10. The Kier molecular flexibility index (Phi) is 4.17. The number of methoxy groups -OCH3 is 1. The summed E-state index contributed by atoms with van der Waals surface area (Å²) in [5.41, 5.74) is 0.372. The molecule has 15 heavy (non-hydrogen) atoms. The van der Waals surface area contributed by atoms with E-state index in [0.29, 0.717) is 5.56 Å². The molecular formula is C10H11F2NO2. The standard InChI is InChI=1S/C10H11F2NO2/c1-15-6-10(14)13-5-7-2-8(11)4-9(12)3-7/h2-4H,5-6H2,1H3,(H,13,14). The zero-order valence-corrected chi connectivity index (χ0v) is 8.22. The van der Waals surface area contributed by atoms with E-state index in [1.54, 1.807) is 0 Å². The molecular weight excluding hydrogens is 204 g/mol. The molecule has 0 saturated carbocycles. The highest BCUT2D eigenvalue weighted by Crippen LogP contribution is 2.07. The maximum Gasteiger partial charge on any atom is 0.246 e. The number of nitrogens with one attached hydrogen (secondary N) is 1. The SMILES string of the molecule is COCC(=O)NCc1cc(F)cc(F)c1. The van der Waals surface area contributed by atoms with E-state index in [1.165, 1.54) is 7.11 Å². The molecule has 0 spiro atoms. The molecule has 0 aliphatic carbocycles.